The standard InChI is InChI=1S/C5H6N2O5/c1-11-5(8)3-2-4(6-12-3)7(9)10/h3H,2H2,1H3. The lowest BCUT2D eigenvalue weighted by Gasteiger charge is -1.99. The highest BCUT2D eigenvalue weighted by atomic mass is 16.7. The van der Waals surface area contributed by atoms with Crippen molar-refractivity contribution in [2.75, 3.05) is 7.11 Å². The lowest BCUT2D eigenvalue weighted by molar-refractivity contribution is -0.353. The van der Waals surface area contributed by atoms with Gasteiger partial charge < -0.3 is 14.9 Å². The van der Waals surface area contributed by atoms with Crippen molar-refractivity contribution in [3.63, 3.8) is 0 Å². The van der Waals surface area contributed by atoms with Crippen molar-refractivity contribution < 1.29 is 19.3 Å². The molecular weight excluding hydrogens is 168 g/mol. The van der Waals surface area contributed by atoms with Gasteiger partial charge in [-0.25, -0.2) is 4.79 Å². The molecule has 1 aliphatic rings. The van der Waals surface area contributed by atoms with Gasteiger partial charge in [0.05, 0.1) is 7.11 Å². The van der Waals surface area contributed by atoms with Gasteiger partial charge in [-0.1, -0.05) is 0 Å². The number of esters is 1. The van der Waals surface area contributed by atoms with Gasteiger partial charge in [0.15, 0.2) is 5.16 Å². The summed E-state index contributed by atoms with van der Waals surface area (Å²) in [6.07, 6.45) is -1.10. The minimum atomic E-state index is -0.963. The van der Waals surface area contributed by atoms with Crippen LogP contribution in [0.1, 0.15) is 6.42 Å². The summed E-state index contributed by atoms with van der Waals surface area (Å²) < 4.78 is 4.30. The third kappa shape index (κ3) is 1.49. The van der Waals surface area contributed by atoms with Crippen LogP contribution in [-0.4, -0.2) is 29.9 Å². The Hall–Kier alpha value is -1.66. The summed E-state index contributed by atoms with van der Waals surface area (Å²) in [4.78, 5) is 24.6. The van der Waals surface area contributed by atoms with Crippen molar-refractivity contribution in [2.45, 2.75) is 12.5 Å². The normalized spacial score (nSPS) is 21.1. The quantitative estimate of drug-likeness (QED) is 0.304. The zero-order valence-corrected chi connectivity index (χ0v) is 6.22. The maximum Gasteiger partial charge on any atom is 0.389 e. The number of amidine groups is 1. The van der Waals surface area contributed by atoms with Gasteiger partial charge in [0.2, 0.25) is 0 Å². The van der Waals surface area contributed by atoms with Gasteiger partial charge in [-0.3, -0.25) is 4.84 Å². The predicted octanol–water partition coefficient (Wildman–Crippen LogP) is -0.461. The zero-order valence-electron chi connectivity index (χ0n) is 6.22. The monoisotopic (exact) mass is 174 g/mol. The molecule has 66 valence electrons. The number of rotatable bonds is 1. The molecule has 0 saturated heterocycles. The number of methoxy groups -OCH3 is 1. The number of oxime groups is 1. The van der Waals surface area contributed by atoms with Gasteiger partial charge in [0, 0.05) is 0 Å². The SMILES string of the molecule is COC(=O)C1CC([N+](=O)[O-])=NO1. The summed E-state index contributed by atoms with van der Waals surface area (Å²) in [7, 11) is 1.18. The van der Waals surface area contributed by atoms with Crippen LogP contribution in [0.25, 0.3) is 0 Å². The number of nitrogens with zero attached hydrogens (tertiary/aromatic N) is 2. The molecule has 1 heterocycles. The van der Waals surface area contributed by atoms with Crippen molar-refractivity contribution >= 4 is 11.8 Å². The van der Waals surface area contributed by atoms with E-state index in [-0.39, 0.29) is 12.3 Å². The Labute approximate surface area is 67.1 Å². The summed E-state index contributed by atoms with van der Waals surface area (Å²) >= 11 is 0. The third-order valence-corrected chi connectivity index (χ3v) is 1.33. The summed E-state index contributed by atoms with van der Waals surface area (Å²) in [5, 5.41) is 13.2. The molecule has 0 spiro atoms. The molecule has 0 fully saturated rings. The van der Waals surface area contributed by atoms with Crippen molar-refractivity contribution in [3.05, 3.63) is 10.1 Å². The molecule has 0 amide bonds. The molecule has 0 radical (unpaired) electrons. The highest BCUT2D eigenvalue weighted by Gasteiger charge is 2.37. The fourth-order valence-corrected chi connectivity index (χ4v) is 0.730. The first kappa shape index (κ1) is 8.44. The lowest BCUT2D eigenvalue weighted by atomic mass is 10.2. The van der Waals surface area contributed by atoms with Gasteiger partial charge >= 0.3 is 11.8 Å². The summed E-state index contributed by atoms with van der Waals surface area (Å²) in [6.45, 7) is 0. The number of ether oxygens (including phenoxy) is 1. The van der Waals surface area contributed by atoms with Crippen molar-refractivity contribution in [2.24, 2.45) is 5.16 Å². The fourth-order valence-electron chi connectivity index (χ4n) is 0.730. The van der Waals surface area contributed by atoms with Gasteiger partial charge in [0.25, 0.3) is 6.10 Å². The van der Waals surface area contributed by atoms with E-state index >= 15 is 0 Å². The van der Waals surface area contributed by atoms with E-state index in [1.807, 2.05) is 0 Å². The second-order valence-corrected chi connectivity index (χ2v) is 2.09. The molecule has 1 rings (SSSR count). The van der Waals surface area contributed by atoms with Crippen LogP contribution in [0.2, 0.25) is 0 Å². The number of hydrogen-bond acceptors (Lipinski definition) is 6. The van der Waals surface area contributed by atoms with Gasteiger partial charge in [-0.15, -0.1) is 0 Å². The van der Waals surface area contributed by atoms with E-state index in [0.717, 1.165) is 0 Å². The fraction of sp³-hybridized carbons (Fsp3) is 0.600. The summed E-state index contributed by atoms with van der Waals surface area (Å²) in [5.74, 6) is -1.01. The van der Waals surface area contributed by atoms with Crippen LogP contribution in [-0.2, 0) is 14.4 Å². The topological polar surface area (TPSA) is 91.0 Å². The first-order valence-electron chi connectivity index (χ1n) is 3.10. The Kier molecular flexibility index (Phi) is 2.22. The van der Waals surface area contributed by atoms with Crippen molar-refractivity contribution in [3.8, 4) is 0 Å². The Morgan fingerprint density at radius 3 is 3.00 bits per heavy atom. The molecule has 0 aromatic rings. The molecule has 0 saturated carbocycles. The van der Waals surface area contributed by atoms with Gasteiger partial charge in [0.1, 0.15) is 6.42 Å². The molecule has 0 aromatic carbocycles. The van der Waals surface area contributed by atoms with E-state index < -0.39 is 17.0 Å². The van der Waals surface area contributed by atoms with Crippen molar-refractivity contribution in [1.82, 2.24) is 0 Å². The summed E-state index contributed by atoms with van der Waals surface area (Å²) in [6, 6.07) is 0. The largest absolute Gasteiger partial charge is 0.466 e. The van der Waals surface area contributed by atoms with E-state index in [1.165, 1.54) is 7.11 Å². The molecule has 1 aliphatic heterocycles. The molecule has 0 aliphatic carbocycles. The van der Waals surface area contributed by atoms with E-state index in [1.54, 1.807) is 0 Å². The third-order valence-electron chi connectivity index (χ3n) is 1.33. The van der Waals surface area contributed by atoms with Gasteiger partial charge in [-0.2, -0.15) is 0 Å². The second-order valence-electron chi connectivity index (χ2n) is 2.09. The number of carbonyl (C=O) groups is 1. The van der Waals surface area contributed by atoms with Crippen molar-refractivity contribution in [1.29, 1.82) is 0 Å². The molecular formula is C5H6N2O5. The zero-order chi connectivity index (χ0) is 9.14. The Morgan fingerprint density at radius 2 is 2.58 bits per heavy atom. The first-order chi connectivity index (χ1) is 5.65. The molecule has 0 bridgehead atoms. The second kappa shape index (κ2) is 3.16. The molecule has 7 nitrogen and oxygen atoms in total. The van der Waals surface area contributed by atoms with Crippen LogP contribution < -0.4 is 0 Å². The van der Waals surface area contributed by atoms with E-state index in [4.69, 9.17) is 0 Å². The number of nitro groups is 1. The average molecular weight is 174 g/mol. The molecule has 1 atom stereocenters. The molecule has 0 N–H and O–H groups in total. The predicted molar refractivity (Wildman–Crippen MR) is 35.9 cm³/mol. The maximum atomic E-state index is 10.7. The van der Waals surface area contributed by atoms with Crippen LogP contribution in [0.3, 0.4) is 0 Å². The Balaban J connectivity index is 2.52. The Bertz CT molecular complexity index is 248. The lowest BCUT2D eigenvalue weighted by Crippen LogP contribution is -2.23. The minimum absolute atomic E-state index is 0.139. The van der Waals surface area contributed by atoms with Crippen LogP contribution in [0.4, 0.5) is 0 Å². The number of carbonyl (C=O) groups excluding carboxylic acids is 1. The first-order valence-corrected chi connectivity index (χ1v) is 3.10. The maximum absolute atomic E-state index is 10.7. The van der Waals surface area contributed by atoms with E-state index in [9.17, 15) is 14.9 Å². The van der Waals surface area contributed by atoms with E-state index in [0.29, 0.717) is 0 Å². The van der Waals surface area contributed by atoms with Crippen LogP contribution >= 0.6 is 0 Å². The average Bonchev–Trinajstić information content (AvgIpc) is 2.51. The smallest absolute Gasteiger partial charge is 0.389 e. The van der Waals surface area contributed by atoms with Crippen LogP contribution in [0.15, 0.2) is 5.16 Å². The molecule has 12 heavy (non-hydrogen) atoms. The van der Waals surface area contributed by atoms with Crippen LogP contribution in [0, 0.1) is 10.1 Å². The van der Waals surface area contributed by atoms with E-state index in [2.05, 4.69) is 14.7 Å². The highest BCUT2D eigenvalue weighted by molar-refractivity contribution is 5.84. The van der Waals surface area contributed by atoms with Crippen LogP contribution in [0.5, 0.6) is 0 Å². The minimum Gasteiger partial charge on any atom is -0.466 e. The number of hydrogen-bond donors (Lipinski definition) is 0. The Morgan fingerprint density at radius 1 is 1.92 bits per heavy atom. The molecule has 7 heteroatoms. The summed E-state index contributed by atoms with van der Waals surface area (Å²) in [5.41, 5.74) is 0. The van der Waals surface area contributed by atoms with Gasteiger partial charge in [-0.05, 0) is 4.92 Å². The molecule has 0 aromatic heterocycles. The molecule has 1 unspecified atom stereocenters. The highest BCUT2D eigenvalue weighted by Crippen LogP contribution is 2.11.